The first-order valence-corrected chi connectivity index (χ1v) is 6.55. The summed E-state index contributed by atoms with van der Waals surface area (Å²) < 4.78 is 5.00. The van der Waals surface area contributed by atoms with Crippen LogP contribution in [0.2, 0.25) is 0 Å². The summed E-state index contributed by atoms with van der Waals surface area (Å²) in [5.41, 5.74) is 0. The molecule has 1 unspecified atom stereocenters. The van der Waals surface area contributed by atoms with Gasteiger partial charge in [-0.05, 0) is 26.2 Å². The van der Waals surface area contributed by atoms with Gasteiger partial charge in [-0.2, -0.15) is 0 Å². The Hall–Kier alpha value is -0.640. The fourth-order valence-electron chi connectivity index (χ4n) is 2.17. The summed E-state index contributed by atoms with van der Waals surface area (Å²) in [6, 6.07) is 0.249. The van der Waals surface area contributed by atoms with E-state index in [1.807, 2.05) is 6.92 Å². The quantitative estimate of drug-likeness (QED) is 0.529. The topological polar surface area (TPSA) is 29.5 Å². The molecule has 0 amide bonds. The number of carbonyl (C=O) groups is 1. The summed E-state index contributed by atoms with van der Waals surface area (Å²) >= 11 is 5.32. The fourth-order valence-corrected chi connectivity index (χ4v) is 2.55. The molecule has 0 bridgehead atoms. The van der Waals surface area contributed by atoms with E-state index in [2.05, 4.69) is 11.8 Å². The third-order valence-electron chi connectivity index (χ3n) is 2.88. The minimum atomic E-state index is -0.101. The zero-order valence-electron chi connectivity index (χ0n) is 10.2. The van der Waals surface area contributed by atoms with Crippen LogP contribution in [0, 0.1) is 0 Å². The summed E-state index contributed by atoms with van der Waals surface area (Å²) in [6.45, 7) is 5.44. The Morgan fingerprint density at radius 2 is 2.31 bits per heavy atom. The molecule has 0 spiro atoms. The molecule has 1 aliphatic rings. The van der Waals surface area contributed by atoms with Crippen LogP contribution >= 0.6 is 12.2 Å². The maximum Gasteiger partial charge on any atom is 0.307 e. The molecule has 1 saturated heterocycles. The van der Waals surface area contributed by atoms with Gasteiger partial charge in [0.25, 0.3) is 0 Å². The molecule has 0 aromatic heterocycles. The molecule has 0 aromatic rings. The molecule has 16 heavy (non-hydrogen) atoms. The van der Waals surface area contributed by atoms with E-state index in [9.17, 15) is 4.79 Å². The van der Waals surface area contributed by atoms with Gasteiger partial charge < -0.3 is 9.64 Å². The molecule has 0 radical (unpaired) electrons. The van der Waals surface area contributed by atoms with Crippen LogP contribution in [0.15, 0.2) is 0 Å². The summed E-state index contributed by atoms with van der Waals surface area (Å²) in [5, 5.41) is 0. The lowest BCUT2D eigenvalue weighted by molar-refractivity contribution is -0.144. The SMILES string of the molecule is CCCC(CC(=O)OCC)N1CCCC1=S. The van der Waals surface area contributed by atoms with Crippen molar-refractivity contribution in [1.82, 2.24) is 4.90 Å². The third-order valence-corrected chi connectivity index (χ3v) is 3.32. The van der Waals surface area contributed by atoms with Crippen molar-refractivity contribution in [3.8, 4) is 0 Å². The van der Waals surface area contributed by atoms with Gasteiger partial charge in [-0.15, -0.1) is 0 Å². The van der Waals surface area contributed by atoms with Gasteiger partial charge in [-0.25, -0.2) is 0 Å². The predicted molar refractivity (Wildman–Crippen MR) is 68.5 cm³/mol. The molecule has 4 heteroatoms. The van der Waals surface area contributed by atoms with E-state index in [0.29, 0.717) is 13.0 Å². The van der Waals surface area contributed by atoms with Gasteiger partial charge in [-0.1, -0.05) is 25.6 Å². The van der Waals surface area contributed by atoms with Crippen molar-refractivity contribution in [2.75, 3.05) is 13.2 Å². The zero-order chi connectivity index (χ0) is 12.0. The van der Waals surface area contributed by atoms with Crippen molar-refractivity contribution in [1.29, 1.82) is 0 Å². The highest BCUT2D eigenvalue weighted by atomic mass is 32.1. The monoisotopic (exact) mass is 243 g/mol. The number of likely N-dealkylation sites (tertiary alicyclic amines) is 1. The minimum absolute atomic E-state index is 0.101. The second-order valence-corrected chi connectivity index (χ2v) is 4.61. The summed E-state index contributed by atoms with van der Waals surface area (Å²) in [4.78, 5) is 14.7. The van der Waals surface area contributed by atoms with Crippen molar-refractivity contribution in [2.45, 2.75) is 52.0 Å². The van der Waals surface area contributed by atoms with E-state index in [-0.39, 0.29) is 12.0 Å². The largest absolute Gasteiger partial charge is 0.466 e. The highest BCUT2D eigenvalue weighted by Crippen LogP contribution is 2.20. The average Bonchev–Trinajstić information content (AvgIpc) is 2.64. The average molecular weight is 243 g/mol. The minimum Gasteiger partial charge on any atom is -0.466 e. The number of hydrogen-bond donors (Lipinski definition) is 0. The number of rotatable bonds is 6. The van der Waals surface area contributed by atoms with Crippen molar-refractivity contribution >= 4 is 23.2 Å². The summed E-state index contributed by atoms with van der Waals surface area (Å²) in [5.74, 6) is -0.101. The molecule has 1 aliphatic heterocycles. The van der Waals surface area contributed by atoms with E-state index in [4.69, 9.17) is 17.0 Å². The molecule has 0 N–H and O–H groups in total. The first kappa shape index (κ1) is 13.4. The first-order chi connectivity index (χ1) is 7.69. The van der Waals surface area contributed by atoms with Gasteiger partial charge in [0.15, 0.2) is 0 Å². The molecule has 1 fully saturated rings. The standard InChI is InChI=1S/C12H21NO2S/c1-3-6-10(9-12(14)15-4-2)13-8-5-7-11(13)16/h10H,3-9H2,1-2H3. The number of ether oxygens (including phenoxy) is 1. The number of carbonyl (C=O) groups excluding carboxylic acids is 1. The van der Waals surface area contributed by atoms with Crippen molar-refractivity contribution in [3.05, 3.63) is 0 Å². The van der Waals surface area contributed by atoms with Gasteiger partial charge in [0, 0.05) is 12.6 Å². The highest BCUT2D eigenvalue weighted by molar-refractivity contribution is 7.80. The molecule has 1 rings (SSSR count). The van der Waals surface area contributed by atoms with Gasteiger partial charge in [0.2, 0.25) is 0 Å². The Bertz CT molecular complexity index is 255. The first-order valence-electron chi connectivity index (χ1n) is 6.14. The Balaban J connectivity index is 2.52. The maximum absolute atomic E-state index is 11.5. The van der Waals surface area contributed by atoms with Crippen molar-refractivity contribution in [2.24, 2.45) is 0 Å². The molecule has 3 nitrogen and oxygen atoms in total. The van der Waals surface area contributed by atoms with E-state index >= 15 is 0 Å². The van der Waals surface area contributed by atoms with Gasteiger partial charge >= 0.3 is 5.97 Å². The fraction of sp³-hybridized carbons (Fsp3) is 0.833. The Kier molecular flexibility index (Phi) is 5.74. The molecule has 0 aliphatic carbocycles. The van der Waals surface area contributed by atoms with E-state index in [1.54, 1.807) is 0 Å². The van der Waals surface area contributed by atoms with Crippen LogP contribution in [0.5, 0.6) is 0 Å². The number of hydrogen-bond acceptors (Lipinski definition) is 3. The number of thiocarbonyl (C=S) groups is 1. The Labute approximate surface area is 103 Å². The normalized spacial score (nSPS) is 17.6. The van der Waals surface area contributed by atoms with Crippen LogP contribution in [-0.4, -0.2) is 35.1 Å². The van der Waals surface area contributed by atoms with Crippen LogP contribution in [0.1, 0.15) is 46.0 Å². The smallest absolute Gasteiger partial charge is 0.307 e. The lowest BCUT2D eigenvalue weighted by Crippen LogP contribution is -2.37. The van der Waals surface area contributed by atoms with Crippen molar-refractivity contribution < 1.29 is 9.53 Å². The second kappa shape index (κ2) is 6.84. The lowest BCUT2D eigenvalue weighted by atomic mass is 10.1. The Morgan fingerprint density at radius 3 is 2.81 bits per heavy atom. The summed E-state index contributed by atoms with van der Waals surface area (Å²) in [7, 11) is 0. The van der Waals surface area contributed by atoms with Crippen LogP contribution < -0.4 is 0 Å². The number of esters is 1. The van der Waals surface area contributed by atoms with Gasteiger partial charge in [0.1, 0.15) is 0 Å². The summed E-state index contributed by atoms with van der Waals surface area (Å²) in [6.07, 6.45) is 4.68. The van der Waals surface area contributed by atoms with E-state index < -0.39 is 0 Å². The highest BCUT2D eigenvalue weighted by Gasteiger charge is 2.26. The van der Waals surface area contributed by atoms with Crippen molar-refractivity contribution in [3.63, 3.8) is 0 Å². The molecule has 0 saturated carbocycles. The molecular weight excluding hydrogens is 222 g/mol. The van der Waals surface area contributed by atoms with Crippen LogP contribution in [0.25, 0.3) is 0 Å². The van der Waals surface area contributed by atoms with Crippen LogP contribution in [0.3, 0.4) is 0 Å². The molecular formula is C12H21NO2S. The molecule has 1 atom stereocenters. The van der Waals surface area contributed by atoms with Crippen LogP contribution in [-0.2, 0) is 9.53 Å². The lowest BCUT2D eigenvalue weighted by Gasteiger charge is -2.28. The predicted octanol–water partition coefficient (Wildman–Crippen LogP) is 2.53. The van der Waals surface area contributed by atoms with Gasteiger partial charge in [-0.3, -0.25) is 4.79 Å². The zero-order valence-corrected chi connectivity index (χ0v) is 11.0. The van der Waals surface area contributed by atoms with E-state index in [0.717, 1.165) is 37.2 Å². The number of nitrogens with zero attached hydrogens (tertiary/aromatic N) is 1. The van der Waals surface area contributed by atoms with Crippen LogP contribution in [0.4, 0.5) is 0 Å². The molecule has 0 aromatic carbocycles. The second-order valence-electron chi connectivity index (χ2n) is 4.14. The maximum atomic E-state index is 11.5. The molecule has 1 heterocycles. The third kappa shape index (κ3) is 3.74. The Morgan fingerprint density at radius 1 is 1.56 bits per heavy atom. The van der Waals surface area contributed by atoms with Gasteiger partial charge in [0.05, 0.1) is 18.0 Å². The molecule has 92 valence electrons. The van der Waals surface area contributed by atoms with E-state index in [1.165, 1.54) is 0 Å².